The van der Waals surface area contributed by atoms with Crippen molar-refractivity contribution in [3.8, 4) is 0 Å². The number of primary amides is 1. The van der Waals surface area contributed by atoms with Gasteiger partial charge < -0.3 is 30.7 Å². The highest BCUT2D eigenvalue weighted by molar-refractivity contribution is 5.95. The lowest BCUT2D eigenvalue weighted by molar-refractivity contribution is -0.150. The molecule has 0 aliphatic rings. The third kappa shape index (κ3) is 9.35. The highest BCUT2D eigenvalue weighted by atomic mass is 16.6. The Morgan fingerprint density at radius 3 is 2.16 bits per heavy atom. The number of hydrogen-bond donors (Lipinski definition) is 3. The van der Waals surface area contributed by atoms with Crippen molar-refractivity contribution in [3.05, 3.63) is 34.9 Å². The molecule has 0 saturated heterocycles. The number of alkyl carbamates (subject to hydrolysis) is 1. The van der Waals surface area contributed by atoms with Crippen molar-refractivity contribution in [2.24, 2.45) is 5.73 Å². The fraction of sp³-hybridized carbons (Fsp3) is 0.593. The number of nitrogens with one attached hydrogen (secondary N) is 2. The molecule has 1 aromatic rings. The summed E-state index contributed by atoms with van der Waals surface area (Å²) in [6.45, 7) is 13.6. The molecule has 0 fully saturated rings. The van der Waals surface area contributed by atoms with Gasteiger partial charge in [0.2, 0.25) is 17.7 Å². The van der Waals surface area contributed by atoms with Crippen LogP contribution in [0.5, 0.6) is 0 Å². The molecule has 0 aromatic heterocycles. The van der Waals surface area contributed by atoms with Gasteiger partial charge >= 0.3 is 12.1 Å². The number of aryl methyl sites for hydroxylation is 2. The van der Waals surface area contributed by atoms with Crippen LogP contribution in [0.15, 0.2) is 18.2 Å². The van der Waals surface area contributed by atoms with Crippen molar-refractivity contribution in [1.29, 1.82) is 0 Å². The van der Waals surface area contributed by atoms with Gasteiger partial charge in [0, 0.05) is 5.54 Å². The Bertz CT molecular complexity index is 1050. The molecule has 0 aliphatic heterocycles. The summed E-state index contributed by atoms with van der Waals surface area (Å²) in [7, 11) is 1.20. The summed E-state index contributed by atoms with van der Waals surface area (Å²) in [6.07, 6.45) is -1.01. The molecular formula is C27H42N4O7. The molecule has 0 heterocycles. The van der Waals surface area contributed by atoms with Crippen LogP contribution in [0.4, 0.5) is 4.79 Å². The lowest BCUT2D eigenvalue weighted by Crippen LogP contribution is -2.60. The van der Waals surface area contributed by atoms with Crippen LogP contribution in [0.1, 0.15) is 77.1 Å². The number of methoxy groups -OCH3 is 1. The number of amides is 4. The van der Waals surface area contributed by atoms with Gasteiger partial charge in [-0.05, 0) is 66.0 Å². The third-order valence-electron chi connectivity index (χ3n) is 6.02. The number of carbonyl (C=O) groups is 5. The maximum atomic E-state index is 14.2. The first kappa shape index (κ1) is 32.4. The Hall–Kier alpha value is -3.63. The van der Waals surface area contributed by atoms with Crippen LogP contribution in [0, 0.1) is 13.8 Å². The third-order valence-corrected chi connectivity index (χ3v) is 6.02. The lowest BCUT2D eigenvalue weighted by atomic mass is 9.89. The van der Waals surface area contributed by atoms with E-state index in [-0.39, 0.29) is 0 Å². The highest BCUT2D eigenvalue weighted by Crippen LogP contribution is 2.34. The SMILES string of the molecule is CCC(C)(C)N(C(=O)C(CC(N)=O)NC(=O)OC(C)(C)C)C(C(=O)NCC(=O)OC)c1cc(C)ccc1C. The predicted octanol–water partition coefficient (Wildman–Crippen LogP) is 2.42. The van der Waals surface area contributed by atoms with E-state index in [1.807, 2.05) is 26.0 Å². The fourth-order valence-corrected chi connectivity index (χ4v) is 3.74. The van der Waals surface area contributed by atoms with Gasteiger partial charge in [0.25, 0.3) is 0 Å². The average Bonchev–Trinajstić information content (AvgIpc) is 2.79. The van der Waals surface area contributed by atoms with Crippen LogP contribution in [0.25, 0.3) is 0 Å². The van der Waals surface area contributed by atoms with Crippen molar-refractivity contribution in [2.45, 2.75) is 91.5 Å². The smallest absolute Gasteiger partial charge is 0.408 e. The molecule has 212 valence electrons. The molecule has 1 rings (SSSR count). The van der Waals surface area contributed by atoms with Gasteiger partial charge in [-0.15, -0.1) is 0 Å². The first-order chi connectivity index (χ1) is 17.4. The molecule has 0 aliphatic carbocycles. The topological polar surface area (TPSA) is 157 Å². The molecule has 0 saturated carbocycles. The van der Waals surface area contributed by atoms with Gasteiger partial charge in [-0.2, -0.15) is 0 Å². The van der Waals surface area contributed by atoms with Crippen molar-refractivity contribution >= 4 is 29.8 Å². The van der Waals surface area contributed by atoms with E-state index >= 15 is 0 Å². The zero-order valence-electron chi connectivity index (χ0n) is 23.9. The van der Waals surface area contributed by atoms with E-state index in [2.05, 4.69) is 15.4 Å². The molecule has 2 atom stereocenters. The summed E-state index contributed by atoms with van der Waals surface area (Å²) in [5, 5.41) is 5.00. The molecule has 11 heteroatoms. The highest BCUT2D eigenvalue weighted by Gasteiger charge is 2.44. The molecule has 1 aromatic carbocycles. The van der Waals surface area contributed by atoms with Crippen molar-refractivity contribution in [2.75, 3.05) is 13.7 Å². The van der Waals surface area contributed by atoms with E-state index in [4.69, 9.17) is 10.5 Å². The quantitative estimate of drug-likeness (QED) is 0.368. The average molecular weight is 535 g/mol. The molecule has 11 nitrogen and oxygen atoms in total. The number of nitrogens with zero attached hydrogens (tertiary/aromatic N) is 1. The molecule has 4 N–H and O–H groups in total. The minimum atomic E-state index is -1.41. The number of rotatable bonds is 11. The van der Waals surface area contributed by atoms with Gasteiger partial charge in [-0.3, -0.25) is 19.2 Å². The minimum absolute atomic E-state index is 0.411. The van der Waals surface area contributed by atoms with E-state index in [0.29, 0.717) is 12.0 Å². The number of carbonyl (C=O) groups excluding carboxylic acids is 5. The van der Waals surface area contributed by atoms with E-state index in [1.165, 1.54) is 12.0 Å². The van der Waals surface area contributed by atoms with Gasteiger partial charge in [0.1, 0.15) is 24.2 Å². The molecular weight excluding hydrogens is 492 g/mol. The molecule has 4 amide bonds. The standard InChI is InChI=1S/C27H42N4O7/c1-10-27(7,8)31(24(35)19(14-20(28)32)30-25(36)38-26(4,5)6)22(23(34)29-15-21(33)37-9)18-13-16(2)11-12-17(18)3/h11-13,19,22H,10,14-15H2,1-9H3,(H2,28,32)(H,29,34)(H,30,36). The van der Waals surface area contributed by atoms with Crippen LogP contribution in [0.3, 0.4) is 0 Å². The fourth-order valence-electron chi connectivity index (χ4n) is 3.74. The van der Waals surface area contributed by atoms with Crippen molar-refractivity contribution < 1.29 is 33.4 Å². The first-order valence-electron chi connectivity index (χ1n) is 12.5. The van der Waals surface area contributed by atoms with Gasteiger partial charge in [-0.25, -0.2) is 4.79 Å². The van der Waals surface area contributed by atoms with Gasteiger partial charge in [0.15, 0.2) is 0 Å². The first-order valence-corrected chi connectivity index (χ1v) is 12.5. The summed E-state index contributed by atoms with van der Waals surface area (Å²) in [5.74, 6) is -2.83. The van der Waals surface area contributed by atoms with E-state index in [0.717, 1.165) is 11.1 Å². The zero-order chi connectivity index (χ0) is 29.4. The van der Waals surface area contributed by atoms with Gasteiger partial charge in [0.05, 0.1) is 13.5 Å². The summed E-state index contributed by atoms with van der Waals surface area (Å²) < 4.78 is 9.94. The second-order valence-electron chi connectivity index (χ2n) is 10.8. The maximum absolute atomic E-state index is 14.2. The Labute approximate surface area is 224 Å². The van der Waals surface area contributed by atoms with Gasteiger partial charge in [-0.1, -0.05) is 30.7 Å². The summed E-state index contributed by atoms with van der Waals surface area (Å²) in [5.41, 5.74) is 5.73. The lowest BCUT2D eigenvalue weighted by Gasteiger charge is -2.45. The minimum Gasteiger partial charge on any atom is -0.468 e. The second-order valence-corrected chi connectivity index (χ2v) is 10.8. The summed E-state index contributed by atoms with van der Waals surface area (Å²) >= 11 is 0. The Kier molecular flexibility index (Phi) is 11.3. The Morgan fingerprint density at radius 2 is 1.66 bits per heavy atom. The van der Waals surface area contributed by atoms with Crippen molar-refractivity contribution in [3.63, 3.8) is 0 Å². The van der Waals surface area contributed by atoms with Crippen LogP contribution in [-0.4, -0.2) is 65.5 Å². The van der Waals surface area contributed by atoms with E-state index in [9.17, 15) is 24.0 Å². The van der Waals surface area contributed by atoms with Crippen molar-refractivity contribution in [1.82, 2.24) is 15.5 Å². The predicted molar refractivity (Wildman–Crippen MR) is 142 cm³/mol. The normalized spacial score (nSPS) is 13.1. The summed E-state index contributed by atoms with van der Waals surface area (Å²) in [4.78, 5) is 65.5. The van der Waals surface area contributed by atoms with Crippen LogP contribution >= 0.6 is 0 Å². The maximum Gasteiger partial charge on any atom is 0.408 e. The summed E-state index contributed by atoms with van der Waals surface area (Å²) in [6, 6.07) is 2.87. The molecule has 0 bridgehead atoms. The largest absolute Gasteiger partial charge is 0.468 e. The van der Waals surface area contributed by atoms with Crippen LogP contribution in [0.2, 0.25) is 0 Å². The molecule has 0 spiro atoms. The molecule has 0 radical (unpaired) electrons. The Balaban J connectivity index is 3.73. The van der Waals surface area contributed by atoms with Crippen LogP contribution < -0.4 is 16.4 Å². The monoisotopic (exact) mass is 534 g/mol. The van der Waals surface area contributed by atoms with Crippen LogP contribution in [-0.2, 0) is 28.7 Å². The molecule has 38 heavy (non-hydrogen) atoms. The zero-order valence-corrected chi connectivity index (χ0v) is 23.9. The van der Waals surface area contributed by atoms with E-state index < -0.39 is 66.0 Å². The Morgan fingerprint density at radius 1 is 1.05 bits per heavy atom. The number of hydrogen-bond acceptors (Lipinski definition) is 7. The number of ether oxygens (including phenoxy) is 2. The molecule has 2 unspecified atom stereocenters. The number of nitrogens with two attached hydrogens (primary N) is 1. The van der Waals surface area contributed by atoms with E-state index in [1.54, 1.807) is 47.6 Å². The second kappa shape index (κ2) is 13.3. The number of esters is 1. The number of benzene rings is 1.